The molecule has 1 nitrogen and oxygen atoms in total. The smallest absolute Gasteiger partial charge is 0.145 e. The number of hydrogen-bond donors (Lipinski definition) is 0. The van der Waals surface area contributed by atoms with Crippen molar-refractivity contribution >= 4 is 6.29 Å². The van der Waals surface area contributed by atoms with Crippen molar-refractivity contribution in [2.75, 3.05) is 0 Å². The van der Waals surface area contributed by atoms with Gasteiger partial charge in [0.25, 0.3) is 0 Å². The summed E-state index contributed by atoms with van der Waals surface area (Å²) in [6.07, 6.45) is 4.85. The molecular weight excluding hydrogens is 124 g/mol. The molecule has 0 spiro atoms. The largest absolute Gasteiger partial charge is 0.298 e. The van der Waals surface area contributed by atoms with Crippen molar-refractivity contribution in [3.8, 4) is 0 Å². The van der Waals surface area contributed by atoms with Gasteiger partial charge in [0.15, 0.2) is 0 Å². The van der Waals surface area contributed by atoms with Gasteiger partial charge in [-0.1, -0.05) is 26.8 Å². The van der Waals surface area contributed by atoms with Crippen molar-refractivity contribution in [3.05, 3.63) is 11.6 Å². The highest BCUT2D eigenvalue weighted by Crippen LogP contribution is 2.04. The first-order valence-corrected chi connectivity index (χ1v) is 3.84. The molecule has 0 aromatic heterocycles. The predicted molar refractivity (Wildman–Crippen MR) is 43.9 cm³/mol. The van der Waals surface area contributed by atoms with Gasteiger partial charge in [-0.15, -0.1) is 0 Å². The molecule has 0 bridgehead atoms. The molecule has 0 saturated heterocycles. The summed E-state index contributed by atoms with van der Waals surface area (Å²) in [6.45, 7) is 6.30. The summed E-state index contributed by atoms with van der Waals surface area (Å²) in [4.78, 5) is 10.3. The van der Waals surface area contributed by atoms with E-state index in [0.717, 1.165) is 24.7 Å². The van der Waals surface area contributed by atoms with Crippen LogP contribution in [0.3, 0.4) is 0 Å². The van der Waals surface area contributed by atoms with Crippen LogP contribution in [0.15, 0.2) is 11.6 Å². The Morgan fingerprint density at radius 3 is 2.40 bits per heavy atom. The summed E-state index contributed by atoms with van der Waals surface area (Å²) in [5, 5.41) is 0. The maximum Gasteiger partial charge on any atom is 0.145 e. The summed E-state index contributed by atoms with van der Waals surface area (Å²) in [5.74, 6) is 0.654. The van der Waals surface area contributed by atoms with Crippen LogP contribution in [0.2, 0.25) is 0 Å². The Kier molecular flexibility index (Phi) is 4.91. The van der Waals surface area contributed by atoms with Gasteiger partial charge >= 0.3 is 0 Å². The van der Waals surface area contributed by atoms with Gasteiger partial charge in [0.1, 0.15) is 6.29 Å². The van der Waals surface area contributed by atoms with Gasteiger partial charge in [-0.05, 0) is 24.3 Å². The molecule has 0 unspecified atom stereocenters. The lowest BCUT2D eigenvalue weighted by Gasteiger charge is -1.98. The van der Waals surface area contributed by atoms with Crippen molar-refractivity contribution in [1.29, 1.82) is 0 Å². The quantitative estimate of drug-likeness (QED) is 0.433. The van der Waals surface area contributed by atoms with Crippen LogP contribution in [-0.2, 0) is 4.79 Å². The van der Waals surface area contributed by atoms with Crippen LogP contribution in [0.5, 0.6) is 0 Å². The molecule has 0 N–H and O–H groups in total. The summed E-state index contributed by atoms with van der Waals surface area (Å²) in [6, 6.07) is 0. The highest BCUT2D eigenvalue weighted by molar-refractivity contribution is 5.72. The van der Waals surface area contributed by atoms with Crippen molar-refractivity contribution in [3.63, 3.8) is 0 Å². The van der Waals surface area contributed by atoms with Crippen LogP contribution >= 0.6 is 0 Å². The zero-order valence-corrected chi connectivity index (χ0v) is 7.05. The normalized spacial score (nSPS) is 12.2. The fourth-order valence-electron chi connectivity index (χ4n) is 0.663. The molecule has 0 rings (SSSR count). The second kappa shape index (κ2) is 5.21. The highest BCUT2D eigenvalue weighted by atomic mass is 16.1. The zero-order valence-electron chi connectivity index (χ0n) is 7.05. The SMILES string of the molecule is CC/C(C=O)=C/CC(C)C. The van der Waals surface area contributed by atoms with E-state index >= 15 is 0 Å². The minimum Gasteiger partial charge on any atom is -0.298 e. The van der Waals surface area contributed by atoms with Crippen molar-refractivity contribution < 1.29 is 4.79 Å². The maximum absolute atomic E-state index is 10.3. The van der Waals surface area contributed by atoms with E-state index in [0.29, 0.717) is 5.92 Å². The molecule has 0 aromatic carbocycles. The number of rotatable bonds is 4. The average molecular weight is 140 g/mol. The number of allylic oxidation sites excluding steroid dienone is 2. The summed E-state index contributed by atoms with van der Waals surface area (Å²) < 4.78 is 0. The highest BCUT2D eigenvalue weighted by Gasteiger charge is 1.92. The lowest BCUT2D eigenvalue weighted by Crippen LogP contribution is -1.86. The van der Waals surface area contributed by atoms with Crippen LogP contribution < -0.4 is 0 Å². The summed E-state index contributed by atoms with van der Waals surface area (Å²) in [7, 11) is 0. The molecule has 0 aliphatic carbocycles. The molecule has 1 heteroatoms. The zero-order chi connectivity index (χ0) is 7.98. The molecule has 0 aliphatic heterocycles. The second-order valence-electron chi connectivity index (χ2n) is 2.88. The third kappa shape index (κ3) is 4.30. The molecule has 0 aliphatic rings. The molecule has 0 amide bonds. The Morgan fingerprint density at radius 1 is 1.50 bits per heavy atom. The number of carbonyl (C=O) groups is 1. The first kappa shape index (κ1) is 9.41. The topological polar surface area (TPSA) is 17.1 Å². The van der Waals surface area contributed by atoms with Crippen LogP contribution in [0, 0.1) is 5.92 Å². The van der Waals surface area contributed by atoms with Gasteiger partial charge in [-0.3, -0.25) is 4.79 Å². The molecule has 0 saturated carbocycles. The van der Waals surface area contributed by atoms with Crippen molar-refractivity contribution in [2.24, 2.45) is 5.92 Å². The Hall–Kier alpha value is -0.590. The predicted octanol–water partition coefficient (Wildman–Crippen LogP) is 2.57. The number of aldehydes is 1. The second-order valence-corrected chi connectivity index (χ2v) is 2.88. The third-order valence-electron chi connectivity index (χ3n) is 1.41. The Bertz CT molecular complexity index is 123. The van der Waals surface area contributed by atoms with Crippen LogP contribution in [0.25, 0.3) is 0 Å². The van der Waals surface area contributed by atoms with Crippen LogP contribution in [0.1, 0.15) is 33.6 Å². The Balaban J connectivity index is 3.74. The Morgan fingerprint density at radius 2 is 2.10 bits per heavy atom. The monoisotopic (exact) mass is 140 g/mol. The fourth-order valence-corrected chi connectivity index (χ4v) is 0.663. The lowest BCUT2D eigenvalue weighted by atomic mass is 10.1. The van der Waals surface area contributed by atoms with Crippen molar-refractivity contribution in [2.45, 2.75) is 33.6 Å². The van der Waals surface area contributed by atoms with E-state index in [1.807, 2.05) is 13.0 Å². The third-order valence-corrected chi connectivity index (χ3v) is 1.41. The molecule has 0 radical (unpaired) electrons. The molecule has 10 heavy (non-hydrogen) atoms. The van der Waals surface area contributed by atoms with Gasteiger partial charge in [-0.25, -0.2) is 0 Å². The first-order chi connectivity index (χ1) is 4.70. The standard InChI is InChI=1S/C9H16O/c1-4-9(7-10)6-5-8(2)3/h6-8H,4-5H2,1-3H3/b9-6-. The van der Waals surface area contributed by atoms with E-state index in [1.165, 1.54) is 0 Å². The molecule has 0 fully saturated rings. The van der Waals surface area contributed by atoms with Crippen LogP contribution in [-0.4, -0.2) is 6.29 Å². The average Bonchev–Trinajstić information content (AvgIpc) is 1.90. The van der Waals surface area contributed by atoms with Gasteiger partial charge in [0.2, 0.25) is 0 Å². The minimum absolute atomic E-state index is 0.654. The van der Waals surface area contributed by atoms with Gasteiger partial charge < -0.3 is 0 Å². The van der Waals surface area contributed by atoms with E-state index in [-0.39, 0.29) is 0 Å². The fraction of sp³-hybridized carbons (Fsp3) is 0.667. The van der Waals surface area contributed by atoms with E-state index in [4.69, 9.17) is 0 Å². The van der Waals surface area contributed by atoms with Crippen LogP contribution in [0.4, 0.5) is 0 Å². The first-order valence-electron chi connectivity index (χ1n) is 3.84. The summed E-state index contributed by atoms with van der Waals surface area (Å²) in [5.41, 5.74) is 0.925. The molecule has 0 aromatic rings. The van der Waals surface area contributed by atoms with Gasteiger partial charge in [-0.2, -0.15) is 0 Å². The molecule has 0 atom stereocenters. The molecular formula is C9H16O. The van der Waals surface area contributed by atoms with E-state index < -0.39 is 0 Å². The minimum atomic E-state index is 0.654. The van der Waals surface area contributed by atoms with Crippen molar-refractivity contribution in [1.82, 2.24) is 0 Å². The molecule has 58 valence electrons. The summed E-state index contributed by atoms with van der Waals surface area (Å²) >= 11 is 0. The molecule has 0 heterocycles. The number of hydrogen-bond acceptors (Lipinski definition) is 1. The van der Waals surface area contributed by atoms with Gasteiger partial charge in [0.05, 0.1) is 0 Å². The van der Waals surface area contributed by atoms with E-state index in [9.17, 15) is 4.79 Å². The Labute approximate surface area is 63.1 Å². The van der Waals surface area contributed by atoms with E-state index in [2.05, 4.69) is 13.8 Å². The number of carbonyl (C=O) groups excluding carboxylic acids is 1. The van der Waals surface area contributed by atoms with E-state index in [1.54, 1.807) is 0 Å². The maximum atomic E-state index is 10.3. The van der Waals surface area contributed by atoms with Gasteiger partial charge in [0, 0.05) is 0 Å². The lowest BCUT2D eigenvalue weighted by molar-refractivity contribution is -0.105.